The van der Waals surface area contributed by atoms with Gasteiger partial charge in [0.05, 0.1) is 9.60 Å². The van der Waals surface area contributed by atoms with E-state index in [0.29, 0.717) is 44.2 Å². The van der Waals surface area contributed by atoms with Gasteiger partial charge in [-0.3, -0.25) is 0 Å². The van der Waals surface area contributed by atoms with Crippen LogP contribution in [0.15, 0.2) is 158 Å². The molecule has 0 aromatic heterocycles. The number of rotatable bonds is 3. The number of benzene rings is 8. The fraction of sp³-hybridized carbons (Fsp3) is 0. The molecule has 8 aromatic carbocycles. The van der Waals surface area contributed by atoms with Gasteiger partial charge in [-0.25, -0.2) is 0 Å². The van der Waals surface area contributed by atoms with Crippen LogP contribution in [0.4, 0.5) is 0 Å². The summed E-state index contributed by atoms with van der Waals surface area (Å²) in [4.78, 5) is 0. The van der Waals surface area contributed by atoms with Gasteiger partial charge in [-0.1, -0.05) is 152 Å². The zero-order valence-electron chi connectivity index (χ0n) is 28.5. The van der Waals surface area contributed by atoms with Crippen LogP contribution in [0.25, 0.3) is 76.5 Å². The fourth-order valence-electron chi connectivity index (χ4n) is 5.90. The summed E-state index contributed by atoms with van der Waals surface area (Å²) in [6, 6.07) is 35.0. The summed E-state index contributed by atoms with van der Waals surface area (Å²) >= 11 is 0. The second-order valence-electron chi connectivity index (χ2n) is 9.92. The average Bonchev–Trinajstić information content (AvgIpc) is 3.11. The van der Waals surface area contributed by atoms with Crippen molar-refractivity contribution in [3.8, 4) is 33.4 Å². The predicted octanol–water partition coefficient (Wildman–Crippen LogP) is 11.3. The summed E-state index contributed by atoms with van der Waals surface area (Å²) in [6.07, 6.45) is 0. The van der Waals surface area contributed by atoms with Gasteiger partial charge in [0, 0.05) is 0 Å². The first-order valence-electron chi connectivity index (χ1n) is 16.8. The maximum atomic E-state index is 9.95. The standard InChI is InChI=1S/C40H26/c1-2-14-29(15-3-1)39-35-20-8-9-21-36(35)40(34-23-11-17-28-13-5-7-19-32(28)34)38-26-30(24-25-37(38)39)33-22-10-16-27-12-4-6-18-31(27)33/h1-26H/i8D,9D,20D,21D,24D,25D,26D. The van der Waals surface area contributed by atoms with Gasteiger partial charge in [0.2, 0.25) is 0 Å². The van der Waals surface area contributed by atoms with Crippen molar-refractivity contribution in [2.75, 3.05) is 0 Å². The van der Waals surface area contributed by atoms with Crippen molar-refractivity contribution < 1.29 is 9.60 Å². The lowest BCUT2D eigenvalue weighted by Crippen LogP contribution is -1.92. The van der Waals surface area contributed by atoms with Crippen LogP contribution >= 0.6 is 0 Å². The molecule has 0 aliphatic heterocycles. The molecule has 0 saturated carbocycles. The lowest BCUT2D eigenvalue weighted by molar-refractivity contribution is 1.65. The van der Waals surface area contributed by atoms with Crippen LogP contribution in [-0.2, 0) is 0 Å². The van der Waals surface area contributed by atoms with Crippen LogP contribution < -0.4 is 0 Å². The minimum absolute atomic E-state index is 0.0341. The van der Waals surface area contributed by atoms with Crippen LogP contribution in [0.3, 0.4) is 0 Å². The Hall–Kier alpha value is -5.20. The first kappa shape index (κ1) is 16.7. The highest BCUT2D eigenvalue weighted by Gasteiger charge is 2.19. The molecule has 0 saturated heterocycles. The molecule has 186 valence electrons. The van der Waals surface area contributed by atoms with E-state index in [4.69, 9.17) is 2.74 Å². The molecule has 0 unspecified atom stereocenters. The van der Waals surface area contributed by atoms with Gasteiger partial charge in [-0.2, -0.15) is 0 Å². The number of hydrogen-bond acceptors (Lipinski definition) is 0. The minimum Gasteiger partial charge on any atom is -0.0622 e. The smallest absolute Gasteiger partial charge is 0.0622 e. The average molecular weight is 514 g/mol. The summed E-state index contributed by atoms with van der Waals surface area (Å²) < 4.78 is 65.0. The van der Waals surface area contributed by atoms with Gasteiger partial charge in [0.15, 0.2) is 0 Å². The molecule has 0 aliphatic carbocycles. The highest BCUT2D eigenvalue weighted by Crippen LogP contribution is 2.46. The van der Waals surface area contributed by atoms with E-state index in [0.717, 1.165) is 21.5 Å². The molecule has 0 amide bonds. The van der Waals surface area contributed by atoms with Gasteiger partial charge >= 0.3 is 0 Å². The van der Waals surface area contributed by atoms with Crippen LogP contribution in [0.1, 0.15) is 9.60 Å². The number of hydrogen-bond donors (Lipinski definition) is 0. The van der Waals surface area contributed by atoms with E-state index in [1.54, 1.807) is 0 Å². The number of fused-ring (bicyclic) bond motifs is 4. The zero-order chi connectivity index (χ0) is 32.6. The normalized spacial score (nSPS) is 13.9. The molecule has 0 bridgehead atoms. The van der Waals surface area contributed by atoms with E-state index in [1.165, 1.54) is 0 Å². The molecule has 0 spiro atoms. The van der Waals surface area contributed by atoms with Crippen molar-refractivity contribution in [2.24, 2.45) is 0 Å². The van der Waals surface area contributed by atoms with E-state index in [9.17, 15) is 6.85 Å². The Morgan fingerprint density at radius 1 is 0.350 bits per heavy atom. The molecule has 0 atom stereocenters. The third kappa shape index (κ3) is 3.54. The Balaban J connectivity index is 1.73. The van der Waals surface area contributed by atoms with Crippen molar-refractivity contribution >= 4 is 43.1 Å². The van der Waals surface area contributed by atoms with Crippen molar-refractivity contribution in [1.82, 2.24) is 0 Å². The molecular weight excluding hydrogens is 480 g/mol. The summed E-state index contributed by atoms with van der Waals surface area (Å²) in [5.41, 5.74) is 3.18. The highest BCUT2D eigenvalue weighted by atomic mass is 14.2. The van der Waals surface area contributed by atoms with Gasteiger partial charge < -0.3 is 0 Å². The van der Waals surface area contributed by atoms with E-state index in [-0.39, 0.29) is 53.1 Å². The Morgan fingerprint density at radius 2 is 0.900 bits per heavy atom. The van der Waals surface area contributed by atoms with Crippen LogP contribution in [0.5, 0.6) is 0 Å². The first-order valence-corrected chi connectivity index (χ1v) is 13.3. The van der Waals surface area contributed by atoms with Gasteiger partial charge in [0.25, 0.3) is 0 Å². The van der Waals surface area contributed by atoms with E-state index < -0.39 is 0 Å². The van der Waals surface area contributed by atoms with E-state index in [2.05, 4.69) is 0 Å². The maximum Gasteiger partial charge on any atom is 0.0636 e. The van der Waals surface area contributed by atoms with Gasteiger partial charge in [-0.05, 0) is 82.5 Å². The lowest BCUT2D eigenvalue weighted by Gasteiger charge is -2.20. The van der Waals surface area contributed by atoms with Crippen LogP contribution in [-0.4, -0.2) is 0 Å². The molecule has 0 heterocycles. The molecule has 0 N–H and O–H groups in total. The molecular formula is C40H26. The third-order valence-corrected chi connectivity index (χ3v) is 7.68. The summed E-state index contributed by atoms with van der Waals surface area (Å²) in [5, 5.41) is 4.83. The zero-order valence-corrected chi connectivity index (χ0v) is 21.5. The molecule has 0 aliphatic rings. The molecule has 0 radical (unpaired) electrons. The largest absolute Gasteiger partial charge is 0.0636 e. The first-order chi connectivity index (χ1) is 22.8. The fourth-order valence-corrected chi connectivity index (χ4v) is 5.90. The summed E-state index contributed by atoms with van der Waals surface area (Å²) in [5.74, 6) is 0. The Bertz CT molecular complexity index is 2580. The van der Waals surface area contributed by atoms with Crippen LogP contribution in [0, 0.1) is 0 Å². The quantitative estimate of drug-likeness (QED) is 0.206. The van der Waals surface area contributed by atoms with Crippen molar-refractivity contribution in [3.63, 3.8) is 0 Å². The van der Waals surface area contributed by atoms with E-state index in [1.807, 2.05) is 115 Å². The topological polar surface area (TPSA) is 0 Å². The van der Waals surface area contributed by atoms with E-state index >= 15 is 0 Å². The SMILES string of the molecule is [2H]c1c([2H])c([2H])c2c(-c3cccc4ccccc34)c3c([2H])c(-c4cccc5ccccc45)c([2H])c([2H])c3c(-c3ccccc3)c2c1[2H]. The molecule has 8 aromatic rings. The lowest BCUT2D eigenvalue weighted by atomic mass is 9.83. The van der Waals surface area contributed by atoms with Gasteiger partial charge in [-0.15, -0.1) is 0 Å². The maximum absolute atomic E-state index is 9.95. The summed E-state index contributed by atoms with van der Waals surface area (Å²) in [6.45, 7) is 0. The summed E-state index contributed by atoms with van der Waals surface area (Å²) in [7, 11) is 0. The Labute approximate surface area is 243 Å². The monoisotopic (exact) mass is 513 g/mol. The van der Waals surface area contributed by atoms with Crippen molar-refractivity contribution in [3.05, 3.63) is 158 Å². The molecule has 0 fully saturated rings. The van der Waals surface area contributed by atoms with Crippen molar-refractivity contribution in [2.45, 2.75) is 0 Å². The molecule has 40 heavy (non-hydrogen) atoms. The highest BCUT2D eigenvalue weighted by molar-refractivity contribution is 6.24. The predicted molar refractivity (Wildman–Crippen MR) is 173 cm³/mol. The van der Waals surface area contributed by atoms with Crippen molar-refractivity contribution in [1.29, 1.82) is 0 Å². The minimum atomic E-state index is -0.376. The third-order valence-electron chi connectivity index (χ3n) is 7.68. The Morgan fingerprint density at radius 3 is 1.62 bits per heavy atom. The second-order valence-corrected chi connectivity index (χ2v) is 9.92. The molecule has 0 nitrogen and oxygen atoms in total. The molecule has 0 heteroatoms. The second kappa shape index (κ2) is 9.22. The van der Waals surface area contributed by atoms with Crippen LogP contribution in [0.2, 0.25) is 0 Å². The Kier molecular flexibility index (Phi) is 3.85. The molecule has 8 rings (SSSR count). The van der Waals surface area contributed by atoms with Gasteiger partial charge in [0.1, 0.15) is 0 Å².